The fourth-order valence-electron chi connectivity index (χ4n) is 4.55. The molecule has 1 atom stereocenters. The number of azo groups is 1. The van der Waals surface area contributed by atoms with E-state index in [1.54, 1.807) is 12.1 Å². The quantitative estimate of drug-likeness (QED) is 0.0392. The van der Waals surface area contributed by atoms with Crippen molar-refractivity contribution in [1.82, 2.24) is 15.0 Å². The molecule has 0 saturated carbocycles. The van der Waals surface area contributed by atoms with Gasteiger partial charge in [-0.2, -0.15) is 31.8 Å². The van der Waals surface area contributed by atoms with Crippen LogP contribution in [0, 0.1) is 0 Å². The molecule has 4 aromatic carbocycles. The molecule has 0 spiro atoms. The van der Waals surface area contributed by atoms with Crippen LogP contribution in [0.5, 0.6) is 0 Å². The zero-order valence-electron chi connectivity index (χ0n) is 25.8. The topological polar surface area (TPSA) is 280 Å². The van der Waals surface area contributed by atoms with E-state index in [0.29, 0.717) is 10.7 Å². The van der Waals surface area contributed by atoms with Crippen molar-refractivity contribution >= 4 is 132 Å². The van der Waals surface area contributed by atoms with Crippen molar-refractivity contribution in [1.29, 1.82) is 0 Å². The van der Waals surface area contributed by atoms with E-state index in [4.69, 9.17) is 17.3 Å². The molecule has 5 aromatic rings. The molecule has 0 aliphatic carbocycles. The highest BCUT2D eigenvalue weighted by Gasteiger charge is 2.20. The summed E-state index contributed by atoms with van der Waals surface area (Å²) in [6, 6.07) is 15.9. The molecule has 0 bridgehead atoms. The average molecular weight is 899 g/mol. The van der Waals surface area contributed by atoms with Gasteiger partial charge in [0.05, 0.1) is 17.1 Å². The maximum atomic E-state index is 12.3. The molecule has 18 nitrogen and oxygen atoms in total. The monoisotopic (exact) mass is 896 g/mol. The number of alkyl halides is 2. The van der Waals surface area contributed by atoms with Crippen LogP contribution in [0.4, 0.5) is 50.8 Å². The molecular formula is C29H23Br2ClN10O8S2. The number of nitrogens with zero attached hydrogens (tertiary/aromatic N) is 5. The molecular weight excluding hydrogens is 876 g/mol. The van der Waals surface area contributed by atoms with Crippen molar-refractivity contribution in [2.45, 2.75) is 14.6 Å². The van der Waals surface area contributed by atoms with Crippen LogP contribution >= 0.6 is 43.5 Å². The van der Waals surface area contributed by atoms with E-state index >= 15 is 0 Å². The van der Waals surface area contributed by atoms with Gasteiger partial charge in [-0.3, -0.25) is 13.9 Å². The molecule has 270 valence electrons. The van der Waals surface area contributed by atoms with Gasteiger partial charge in [0.2, 0.25) is 23.1 Å². The van der Waals surface area contributed by atoms with Gasteiger partial charge in [-0.15, -0.1) is 10.2 Å². The van der Waals surface area contributed by atoms with Crippen LogP contribution in [0.3, 0.4) is 0 Å². The Morgan fingerprint density at radius 2 is 1.38 bits per heavy atom. The Balaban J connectivity index is 1.44. The second kappa shape index (κ2) is 15.8. The second-order valence-corrected chi connectivity index (χ2v) is 15.2. The third kappa shape index (κ3) is 9.52. The Labute approximate surface area is 316 Å². The third-order valence-electron chi connectivity index (χ3n) is 6.71. The van der Waals surface area contributed by atoms with Crippen molar-refractivity contribution in [2.24, 2.45) is 16.0 Å². The Morgan fingerprint density at radius 1 is 0.769 bits per heavy atom. The number of anilines is 6. The van der Waals surface area contributed by atoms with Crippen LogP contribution in [-0.4, -0.2) is 63.0 Å². The summed E-state index contributed by atoms with van der Waals surface area (Å²) in [6.45, 7) is 0. The van der Waals surface area contributed by atoms with Crippen molar-refractivity contribution in [3.8, 4) is 0 Å². The van der Waals surface area contributed by atoms with E-state index in [0.717, 1.165) is 6.07 Å². The number of hydrogen-bond acceptors (Lipinski definition) is 13. The summed E-state index contributed by atoms with van der Waals surface area (Å²) in [5, 5.41) is 19.5. The zero-order valence-corrected chi connectivity index (χ0v) is 31.4. The first-order chi connectivity index (χ1) is 24.5. The summed E-state index contributed by atoms with van der Waals surface area (Å²) in [6.07, 6.45) is 0. The molecule has 1 aromatic heterocycles. The fraction of sp³-hybridized carbons (Fsp3) is 0.0690. The number of fused-ring (bicyclic) bond motifs is 1. The molecule has 5 rings (SSSR count). The molecule has 0 aliphatic heterocycles. The molecule has 0 radical (unpaired) electrons. The van der Waals surface area contributed by atoms with E-state index in [-0.39, 0.29) is 61.6 Å². The van der Waals surface area contributed by atoms with Crippen LogP contribution in [0.2, 0.25) is 5.28 Å². The van der Waals surface area contributed by atoms with Crippen LogP contribution in [-0.2, 0) is 25.0 Å². The van der Waals surface area contributed by atoms with Crippen molar-refractivity contribution in [3.63, 3.8) is 0 Å². The lowest BCUT2D eigenvalue weighted by Gasteiger charge is -2.14. The molecule has 8 N–H and O–H groups in total. The Morgan fingerprint density at radius 3 is 2.06 bits per heavy atom. The number of nitrogens with two attached hydrogens (primary N) is 1. The Hall–Kier alpha value is -4.84. The molecule has 1 unspecified atom stereocenters. The van der Waals surface area contributed by atoms with E-state index in [9.17, 15) is 35.5 Å². The first kappa shape index (κ1) is 38.4. The fourth-order valence-corrected chi connectivity index (χ4v) is 6.45. The minimum Gasteiger partial charge on any atom is -0.351 e. The van der Waals surface area contributed by atoms with E-state index in [1.807, 2.05) is 0 Å². The van der Waals surface area contributed by atoms with Crippen LogP contribution in [0.15, 0.2) is 92.8 Å². The lowest BCUT2D eigenvalue weighted by molar-refractivity contribution is -0.115. The van der Waals surface area contributed by atoms with Gasteiger partial charge in [-0.05, 0) is 60.1 Å². The predicted octanol–water partition coefficient (Wildman–Crippen LogP) is 6.66. The average Bonchev–Trinajstić information content (AvgIpc) is 3.06. The van der Waals surface area contributed by atoms with Gasteiger partial charge in [0.25, 0.3) is 20.2 Å². The molecule has 0 fully saturated rings. The molecule has 52 heavy (non-hydrogen) atoms. The van der Waals surface area contributed by atoms with Crippen molar-refractivity contribution in [3.05, 3.63) is 78.1 Å². The minimum absolute atomic E-state index is 0.0842. The summed E-state index contributed by atoms with van der Waals surface area (Å²) in [5.74, 6) is -0.843. The van der Waals surface area contributed by atoms with Gasteiger partial charge < -0.3 is 27.0 Å². The number of carbonyl (C=O) groups excluding carboxylic acids is 2. The van der Waals surface area contributed by atoms with E-state index in [2.05, 4.69) is 78.3 Å². The van der Waals surface area contributed by atoms with Crippen LogP contribution < -0.4 is 27.0 Å². The lowest BCUT2D eigenvalue weighted by Crippen LogP contribution is -2.23. The number of aromatic nitrogens is 3. The number of primary amides is 1. The number of amides is 3. The van der Waals surface area contributed by atoms with E-state index < -0.39 is 41.9 Å². The molecule has 23 heteroatoms. The SMILES string of the molecule is NC(=O)Nc1cc(Nc2nc(Cl)nc(Nc3cc(NC(=O)C(Br)CBr)ccc3S(=O)(=O)O)n2)ccc1N=Nc1cccc2c(S(=O)(=O)O)cccc12. The largest absolute Gasteiger partial charge is 0.351 e. The standard InChI is InChI=1S/C29H23Br2ClN10O8S2/c30-13-18(31)25(43)34-14-8-10-24(52(48,49)50)22(12-14)37-29-39-26(32)38-28(40-29)35-15-7-9-20(21(11-15)36-27(33)44)42-41-19-5-1-4-17-16(19)3-2-6-23(17)51(45,46)47/h1-12,18H,13H2,(H,34,43)(H3,33,36,44)(H,45,46,47)(H,48,49,50)(H2,35,37,38,39,40). The van der Waals surface area contributed by atoms with Gasteiger partial charge >= 0.3 is 6.03 Å². The van der Waals surface area contributed by atoms with Crippen LogP contribution in [0.1, 0.15) is 0 Å². The zero-order chi connectivity index (χ0) is 37.8. The highest BCUT2D eigenvalue weighted by atomic mass is 79.9. The summed E-state index contributed by atoms with van der Waals surface area (Å²) >= 11 is 12.5. The van der Waals surface area contributed by atoms with Gasteiger partial charge in [-0.1, -0.05) is 56.1 Å². The minimum atomic E-state index is -4.76. The molecule has 1 heterocycles. The van der Waals surface area contributed by atoms with Gasteiger partial charge in [0, 0.05) is 27.5 Å². The second-order valence-electron chi connectivity index (χ2n) is 10.3. The predicted molar refractivity (Wildman–Crippen MR) is 200 cm³/mol. The van der Waals surface area contributed by atoms with Gasteiger partial charge in [-0.25, -0.2) is 4.79 Å². The molecule has 3 amide bonds. The number of urea groups is 1. The normalized spacial score (nSPS) is 12.4. The summed E-state index contributed by atoms with van der Waals surface area (Å²) < 4.78 is 67.4. The number of nitrogens with one attached hydrogen (secondary N) is 4. The number of benzene rings is 4. The Kier molecular flexibility index (Phi) is 11.7. The molecule has 0 saturated heterocycles. The first-order valence-corrected chi connectivity index (χ1v) is 19.5. The van der Waals surface area contributed by atoms with Crippen LogP contribution in [0.25, 0.3) is 10.8 Å². The van der Waals surface area contributed by atoms with Crippen molar-refractivity contribution < 1.29 is 35.5 Å². The molecule has 0 aliphatic rings. The summed E-state index contributed by atoms with van der Waals surface area (Å²) in [4.78, 5) is 34.9. The van der Waals surface area contributed by atoms with E-state index in [1.165, 1.54) is 54.6 Å². The van der Waals surface area contributed by atoms with Crippen molar-refractivity contribution in [2.75, 3.05) is 26.6 Å². The number of hydrogen-bond donors (Lipinski definition) is 7. The summed E-state index contributed by atoms with van der Waals surface area (Å²) in [7, 11) is -9.28. The highest BCUT2D eigenvalue weighted by Crippen LogP contribution is 2.35. The van der Waals surface area contributed by atoms with Gasteiger partial charge in [0.1, 0.15) is 20.3 Å². The third-order valence-corrected chi connectivity index (χ3v) is 11.0. The number of carbonyl (C=O) groups is 2. The summed E-state index contributed by atoms with van der Waals surface area (Å²) in [5.41, 5.74) is 6.10. The maximum absolute atomic E-state index is 12.3. The maximum Gasteiger partial charge on any atom is 0.316 e. The van der Waals surface area contributed by atoms with Gasteiger partial charge in [0.15, 0.2) is 0 Å². The number of rotatable bonds is 12. The number of halogens is 3. The first-order valence-electron chi connectivity index (χ1n) is 14.2. The Bertz CT molecular complexity index is 2480. The lowest BCUT2D eigenvalue weighted by atomic mass is 10.1. The smallest absolute Gasteiger partial charge is 0.316 e. The highest BCUT2D eigenvalue weighted by molar-refractivity contribution is 9.12.